The number of thioether (sulfide) groups is 1. The summed E-state index contributed by atoms with van der Waals surface area (Å²) in [5, 5.41) is 16.9. The zero-order valence-electron chi connectivity index (χ0n) is 14.0. The summed E-state index contributed by atoms with van der Waals surface area (Å²) in [5.74, 6) is 1.69. The van der Waals surface area contributed by atoms with Gasteiger partial charge in [-0.25, -0.2) is 0 Å². The van der Waals surface area contributed by atoms with Crippen LogP contribution in [0.1, 0.15) is 17.0 Å². The monoisotopic (exact) mass is 356 g/mol. The van der Waals surface area contributed by atoms with Gasteiger partial charge in [0, 0.05) is 12.2 Å². The molecule has 126 valence electrons. The van der Waals surface area contributed by atoms with Gasteiger partial charge < -0.3 is 0 Å². The van der Waals surface area contributed by atoms with Crippen molar-refractivity contribution >= 4 is 28.2 Å². The van der Waals surface area contributed by atoms with E-state index in [9.17, 15) is 0 Å². The van der Waals surface area contributed by atoms with Crippen LogP contribution in [0.5, 0.6) is 0 Å². The van der Waals surface area contributed by atoms with Crippen LogP contribution in [0.15, 0.2) is 83.1 Å². The minimum atomic E-state index is 0.709. The summed E-state index contributed by atoms with van der Waals surface area (Å²) in [5.41, 5.74) is 3.45. The Kier molecular flexibility index (Phi) is 3.79. The van der Waals surface area contributed by atoms with Gasteiger partial charge in [-0.15, -0.1) is 10.2 Å². The zero-order chi connectivity index (χ0) is 17.3. The van der Waals surface area contributed by atoms with Gasteiger partial charge in [0.15, 0.2) is 5.82 Å². The number of nitrogens with zero attached hydrogens (tertiary/aromatic N) is 4. The molecule has 0 radical (unpaired) electrons. The highest BCUT2D eigenvalue weighted by molar-refractivity contribution is 7.99. The van der Waals surface area contributed by atoms with Crippen LogP contribution in [0.25, 0.3) is 10.8 Å². The molecule has 2 heterocycles. The Hall–Kier alpha value is -2.92. The van der Waals surface area contributed by atoms with E-state index in [1.54, 1.807) is 11.8 Å². The molecule has 0 unspecified atom stereocenters. The number of aromatic nitrogens is 3. The van der Waals surface area contributed by atoms with Crippen molar-refractivity contribution in [1.82, 2.24) is 14.9 Å². The lowest BCUT2D eigenvalue weighted by atomic mass is 10.0. The fraction of sp³-hybridized carbons (Fsp3) is 0.0952. The molecule has 0 amide bonds. The van der Waals surface area contributed by atoms with Crippen LogP contribution in [0, 0.1) is 0 Å². The molecule has 0 atom stereocenters. The molecule has 3 aromatic carbocycles. The molecule has 4 nitrogen and oxygen atoms in total. The minimum Gasteiger partial charge on any atom is -0.191 e. The average Bonchev–Trinajstić information content (AvgIpc) is 3.11. The van der Waals surface area contributed by atoms with E-state index in [1.165, 1.54) is 16.3 Å². The fourth-order valence-electron chi connectivity index (χ4n) is 3.27. The molecule has 0 spiro atoms. The zero-order valence-corrected chi connectivity index (χ0v) is 14.9. The molecular weight excluding hydrogens is 340 g/mol. The van der Waals surface area contributed by atoms with Gasteiger partial charge in [0.25, 0.3) is 0 Å². The largest absolute Gasteiger partial charge is 0.212 e. The van der Waals surface area contributed by atoms with Crippen molar-refractivity contribution in [3.8, 4) is 0 Å². The number of fused-ring (bicyclic) bond motifs is 2. The third-order valence-corrected chi connectivity index (χ3v) is 5.50. The lowest BCUT2D eigenvalue weighted by molar-refractivity contribution is 0.721. The molecule has 0 aliphatic carbocycles. The predicted molar refractivity (Wildman–Crippen MR) is 106 cm³/mol. The Labute approximate surface area is 155 Å². The quantitative estimate of drug-likeness (QED) is 0.547. The van der Waals surface area contributed by atoms with Gasteiger partial charge in [-0.1, -0.05) is 84.6 Å². The Bertz CT molecular complexity index is 1110. The Morgan fingerprint density at radius 2 is 1.65 bits per heavy atom. The first-order valence-corrected chi connectivity index (χ1v) is 9.54. The van der Waals surface area contributed by atoms with Gasteiger partial charge >= 0.3 is 0 Å². The van der Waals surface area contributed by atoms with Crippen molar-refractivity contribution in [2.45, 2.75) is 11.6 Å². The molecule has 1 aromatic heterocycles. The lowest BCUT2D eigenvalue weighted by Crippen LogP contribution is -2.14. The smallest absolute Gasteiger partial charge is 0.191 e. The van der Waals surface area contributed by atoms with E-state index in [4.69, 9.17) is 5.10 Å². The summed E-state index contributed by atoms with van der Waals surface area (Å²) in [7, 11) is 0. The van der Waals surface area contributed by atoms with Gasteiger partial charge in [0.05, 0.1) is 5.71 Å². The third-order valence-electron chi connectivity index (χ3n) is 4.57. The number of benzene rings is 3. The molecule has 0 bridgehead atoms. The summed E-state index contributed by atoms with van der Waals surface area (Å²) in [6.07, 6.45) is 0.709. The van der Waals surface area contributed by atoms with Crippen LogP contribution in [0.2, 0.25) is 0 Å². The number of rotatable bonds is 3. The van der Waals surface area contributed by atoms with Gasteiger partial charge in [-0.3, -0.25) is 0 Å². The van der Waals surface area contributed by atoms with Gasteiger partial charge in [0.2, 0.25) is 5.16 Å². The lowest BCUT2D eigenvalue weighted by Gasteiger charge is -2.14. The molecule has 0 fully saturated rings. The van der Waals surface area contributed by atoms with Crippen molar-refractivity contribution in [1.29, 1.82) is 0 Å². The molecular formula is C21H16N4S. The Balaban J connectivity index is 1.55. The van der Waals surface area contributed by atoms with Crippen molar-refractivity contribution in [2.24, 2.45) is 5.10 Å². The van der Waals surface area contributed by atoms with Crippen LogP contribution in [0.4, 0.5) is 0 Å². The molecule has 0 N–H and O–H groups in total. The third kappa shape index (κ3) is 2.70. The average molecular weight is 356 g/mol. The molecule has 0 saturated heterocycles. The molecule has 5 heteroatoms. The number of hydrogen-bond acceptors (Lipinski definition) is 4. The predicted octanol–water partition coefficient (Wildman–Crippen LogP) is 4.38. The van der Waals surface area contributed by atoms with E-state index in [0.29, 0.717) is 6.42 Å². The van der Waals surface area contributed by atoms with Gasteiger partial charge in [0.1, 0.15) is 0 Å². The summed E-state index contributed by atoms with van der Waals surface area (Å²) in [6, 6.07) is 25.1. The van der Waals surface area contributed by atoms with E-state index < -0.39 is 0 Å². The topological polar surface area (TPSA) is 43.1 Å². The molecule has 4 aromatic rings. The van der Waals surface area contributed by atoms with Crippen molar-refractivity contribution in [3.05, 3.63) is 89.7 Å². The van der Waals surface area contributed by atoms with Gasteiger partial charge in [-0.2, -0.15) is 9.78 Å². The highest BCUT2D eigenvalue weighted by Gasteiger charge is 2.20. The van der Waals surface area contributed by atoms with Crippen LogP contribution < -0.4 is 0 Å². The molecule has 26 heavy (non-hydrogen) atoms. The van der Waals surface area contributed by atoms with Crippen molar-refractivity contribution in [3.63, 3.8) is 0 Å². The minimum absolute atomic E-state index is 0.709. The SMILES string of the molecule is c1ccc(C2=Nn3c(Cc4cccc5ccccc45)nnc3SC2)cc1. The second-order valence-corrected chi connectivity index (χ2v) is 7.17. The maximum Gasteiger partial charge on any atom is 0.212 e. The second-order valence-electron chi connectivity index (χ2n) is 6.23. The van der Waals surface area contributed by atoms with Gasteiger partial charge in [-0.05, 0) is 21.9 Å². The summed E-state index contributed by atoms with van der Waals surface area (Å²) in [6.45, 7) is 0. The molecule has 0 saturated carbocycles. The maximum atomic E-state index is 4.84. The van der Waals surface area contributed by atoms with E-state index in [1.807, 2.05) is 22.9 Å². The van der Waals surface area contributed by atoms with E-state index in [0.717, 1.165) is 28.0 Å². The van der Waals surface area contributed by atoms with Crippen molar-refractivity contribution < 1.29 is 0 Å². The highest BCUT2D eigenvalue weighted by atomic mass is 32.2. The molecule has 5 rings (SSSR count). The van der Waals surface area contributed by atoms with E-state index >= 15 is 0 Å². The maximum absolute atomic E-state index is 4.84. The van der Waals surface area contributed by atoms with E-state index in [-0.39, 0.29) is 0 Å². The number of hydrogen-bond donors (Lipinski definition) is 0. The normalized spacial score (nSPS) is 13.5. The fourth-order valence-corrected chi connectivity index (χ4v) is 4.12. The van der Waals surface area contributed by atoms with Crippen LogP contribution in [-0.2, 0) is 6.42 Å². The molecule has 1 aliphatic rings. The Morgan fingerprint density at radius 3 is 2.58 bits per heavy atom. The van der Waals surface area contributed by atoms with E-state index in [2.05, 4.69) is 64.8 Å². The first-order chi connectivity index (χ1) is 12.9. The van der Waals surface area contributed by atoms with Crippen LogP contribution in [0.3, 0.4) is 0 Å². The first kappa shape index (κ1) is 15.3. The second kappa shape index (κ2) is 6.42. The van der Waals surface area contributed by atoms with Crippen molar-refractivity contribution in [2.75, 3.05) is 5.75 Å². The summed E-state index contributed by atoms with van der Waals surface area (Å²) >= 11 is 1.69. The first-order valence-electron chi connectivity index (χ1n) is 8.55. The summed E-state index contributed by atoms with van der Waals surface area (Å²) in [4.78, 5) is 0. The molecule has 1 aliphatic heterocycles. The highest BCUT2D eigenvalue weighted by Crippen LogP contribution is 2.26. The standard InChI is InChI=1S/C21H16N4S/c1-2-8-16(9-3-1)19-14-26-21-23-22-20(25(21)24-19)13-17-11-6-10-15-7-4-5-12-18(15)17/h1-12H,13-14H2. The van der Waals surface area contributed by atoms with Crippen LogP contribution in [-0.4, -0.2) is 26.3 Å². The Morgan fingerprint density at radius 1 is 0.846 bits per heavy atom. The van der Waals surface area contributed by atoms with Crippen LogP contribution >= 0.6 is 11.8 Å². The summed E-state index contributed by atoms with van der Waals surface area (Å²) < 4.78 is 1.90.